The molecular weight excluding hydrogens is 324 g/mol. The zero-order valence-electron chi connectivity index (χ0n) is 13.8. The molecule has 0 atom stereocenters. The molecular formula is C16H22N6OS. The van der Waals surface area contributed by atoms with E-state index in [1.54, 1.807) is 0 Å². The molecule has 0 spiro atoms. The molecule has 0 unspecified atom stereocenters. The van der Waals surface area contributed by atoms with Crippen molar-refractivity contribution in [1.82, 2.24) is 19.8 Å². The van der Waals surface area contributed by atoms with Crippen LogP contribution in [0.25, 0.3) is 0 Å². The lowest BCUT2D eigenvalue weighted by Gasteiger charge is -2.36. The number of benzene rings is 1. The van der Waals surface area contributed by atoms with E-state index in [1.165, 1.54) is 22.1 Å². The highest BCUT2D eigenvalue weighted by Crippen LogP contribution is 2.18. The Morgan fingerprint density at radius 3 is 2.50 bits per heavy atom. The molecule has 2 aromatic rings. The Bertz CT molecular complexity index is 681. The van der Waals surface area contributed by atoms with Gasteiger partial charge in [0.25, 0.3) is 0 Å². The van der Waals surface area contributed by atoms with Crippen LogP contribution in [0, 0.1) is 0 Å². The molecule has 0 radical (unpaired) electrons. The number of para-hydroxylation sites is 1. The number of aromatic nitrogens is 3. The third-order valence-corrected chi connectivity index (χ3v) is 5.06. The summed E-state index contributed by atoms with van der Waals surface area (Å²) in [6, 6.07) is 10.3. The quantitative estimate of drug-likeness (QED) is 0.642. The van der Waals surface area contributed by atoms with Crippen molar-refractivity contribution >= 4 is 23.4 Å². The van der Waals surface area contributed by atoms with Crippen molar-refractivity contribution in [3.63, 3.8) is 0 Å². The number of carbonyl (C=O) groups excluding carboxylic acids is 1. The average molecular weight is 346 g/mol. The molecule has 128 valence electrons. The summed E-state index contributed by atoms with van der Waals surface area (Å²) >= 11 is 1.34. The van der Waals surface area contributed by atoms with Crippen molar-refractivity contribution in [1.29, 1.82) is 0 Å². The first-order valence-electron chi connectivity index (χ1n) is 8.09. The van der Waals surface area contributed by atoms with Gasteiger partial charge in [-0.25, -0.2) is 4.68 Å². The summed E-state index contributed by atoms with van der Waals surface area (Å²) in [7, 11) is 0. The van der Waals surface area contributed by atoms with Crippen LogP contribution in [-0.4, -0.2) is 57.6 Å². The van der Waals surface area contributed by atoms with Crippen molar-refractivity contribution in [3.05, 3.63) is 36.2 Å². The summed E-state index contributed by atoms with van der Waals surface area (Å²) in [6.07, 6.45) is 0.722. The highest BCUT2D eigenvalue weighted by atomic mass is 32.2. The number of nitrogens with two attached hydrogens (primary N) is 1. The van der Waals surface area contributed by atoms with E-state index in [0.717, 1.165) is 38.4 Å². The van der Waals surface area contributed by atoms with Gasteiger partial charge in [-0.05, 0) is 12.1 Å². The number of piperazine rings is 1. The molecule has 3 rings (SSSR count). The van der Waals surface area contributed by atoms with Crippen LogP contribution in [0.3, 0.4) is 0 Å². The van der Waals surface area contributed by atoms with E-state index >= 15 is 0 Å². The van der Waals surface area contributed by atoms with Crippen LogP contribution in [0.15, 0.2) is 35.5 Å². The van der Waals surface area contributed by atoms with Gasteiger partial charge in [0.2, 0.25) is 11.1 Å². The molecule has 24 heavy (non-hydrogen) atoms. The molecule has 0 aliphatic carbocycles. The molecule has 1 amide bonds. The fourth-order valence-electron chi connectivity index (χ4n) is 2.72. The summed E-state index contributed by atoms with van der Waals surface area (Å²) in [4.78, 5) is 16.6. The Morgan fingerprint density at radius 2 is 1.88 bits per heavy atom. The topological polar surface area (TPSA) is 80.3 Å². The molecule has 7 nitrogen and oxygen atoms in total. The molecule has 1 aromatic heterocycles. The standard InChI is InChI=1S/C16H22N6OS/c1-2-14-18-19-16(22(14)17)24-12-15(23)21-10-8-20(9-11-21)13-6-4-3-5-7-13/h3-7H,2,8-12,17H2,1H3. The normalized spacial score (nSPS) is 14.9. The van der Waals surface area contributed by atoms with Crippen molar-refractivity contribution in [2.45, 2.75) is 18.5 Å². The molecule has 1 saturated heterocycles. The number of amides is 1. The summed E-state index contributed by atoms with van der Waals surface area (Å²) in [5.74, 6) is 7.08. The second-order valence-electron chi connectivity index (χ2n) is 5.61. The van der Waals surface area contributed by atoms with E-state index in [0.29, 0.717) is 10.9 Å². The number of nitrogen functional groups attached to an aromatic ring is 1. The van der Waals surface area contributed by atoms with E-state index in [-0.39, 0.29) is 5.91 Å². The molecule has 0 saturated carbocycles. The van der Waals surface area contributed by atoms with Gasteiger partial charge in [-0.3, -0.25) is 4.79 Å². The fourth-order valence-corrected chi connectivity index (χ4v) is 3.50. The van der Waals surface area contributed by atoms with Crippen LogP contribution < -0.4 is 10.7 Å². The maximum absolute atomic E-state index is 12.4. The summed E-state index contributed by atoms with van der Waals surface area (Å²) < 4.78 is 1.46. The van der Waals surface area contributed by atoms with Crippen LogP contribution >= 0.6 is 11.8 Å². The predicted octanol–water partition coefficient (Wildman–Crippen LogP) is 0.995. The van der Waals surface area contributed by atoms with E-state index in [1.807, 2.05) is 30.0 Å². The number of hydrogen-bond donors (Lipinski definition) is 1. The lowest BCUT2D eigenvalue weighted by Crippen LogP contribution is -2.49. The number of thioether (sulfide) groups is 1. The number of nitrogens with zero attached hydrogens (tertiary/aromatic N) is 5. The Hall–Kier alpha value is -2.22. The zero-order valence-corrected chi connectivity index (χ0v) is 14.6. The minimum Gasteiger partial charge on any atom is -0.368 e. The second-order valence-corrected chi connectivity index (χ2v) is 6.56. The highest BCUT2D eigenvalue weighted by Gasteiger charge is 2.22. The Labute approximate surface area is 145 Å². The van der Waals surface area contributed by atoms with Crippen LogP contribution in [0.5, 0.6) is 0 Å². The van der Waals surface area contributed by atoms with Crippen LogP contribution in [-0.2, 0) is 11.2 Å². The minimum atomic E-state index is 0.119. The molecule has 1 aromatic carbocycles. The predicted molar refractivity (Wildman–Crippen MR) is 95.5 cm³/mol. The van der Waals surface area contributed by atoms with Gasteiger partial charge >= 0.3 is 0 Å². The fraction of sp³-hybridized carbons (Fsp3) is 0.438. The Morgan fingerprint density at radius 1 is 1.17 bits per heavy atom. The second kappa shape index (κ2) is 7.57. The molecule has 1 aliphatic rings. The first kappa shape index (κ1) is 16.6. The van der Waals surface area contributed by atoms with E-state index < -0.39 is 0 Å². The van der Waals surface area contributed by atoms with E-state index in [9.17, 15) is 4.79 Å². The third kappa shape index (κ3) is 3.64. The summed E-state index contributed by atoms with van der Waals surface area (Å²) in [5, 5.41) is 8.62. The van der Waals surface area contributed by atoms with Crippen LogP contribution in [0.4, 0.5) is 5.69 Å². The highest BCUT2D eigenvalue weighted by molar-refractivity contribution is 7.99. The van der Waals surface area contributed by atoms with Gasteiger partial charge in [0.1, 0.15) is 0 Å². The van der Waals surface area contributed by atoms with Crippen molar-refractivity contribution in [3.8, 4) is 0 Å². The number of rotatable bonds is 5. The summed E-state index contributed by atoms with van der Waals surface area (Å²) in [5.41, 5.74) is 1.21. The van der Waals surface area contributed by atoms with Crippen LogP contribution in [0.1, 0.15) is 12.7 Å². The SMILES string of the molecule is CCc1nnc(SCC(=O)N2CCN(c3ccccc3)CC2)n1N. The first-order chi connectivity index (χ1) is 11.7. The molecule has 1 fully saturated rings. The number of aryl methyl sites for hydroxylation is 1. The average Bonchev–Trinajstić information content (AvgIpc) is 3.00. The van der Waals surface area contributed by atoms with Crippen molar-refractivity contribution in [2.75, 3.05) is 42.7 Å². The maximum atomic E-state index is 12.4. The lowest BCUT2D eigenvalue weighted by molar-refractivity contribution is -0.128. The number of hydrogen-bond acceptors (Lipinski definition) is 6. The number of carbonyl (C=O) groups is 1. The molecule has 2 heterocycles. The summed E-state index contributed by atoms with van der Waals surface area (Å²) in [6.45, 7) is 5.16. The minimum absolute atomic E-state index is 0.119. The maximum Gasteiger partial charge on any atom is 0.233 e. The van der Waals surface area contributed by atoms with Crippen LogP contribution in [0.2, 0.25) is 0 Å². The Kier molecular flexibility index (Phi) is 5.24. The van der Waals surface area contributed by atoms with Crippen molar-refractivity contribution < 1.29 is 4.79 Å². The Balaban J connectivity index is 1.49. The van der Waals surface area contributed by atoms with Gasteiger partial charge < -0.3 is 15.6 Å². The monoisotopic (exact) mass is 346 g/mol. The van der Waals surface area contributed by atoms with Gasteiger partial charge in [-0.1, -0.05) is 36.9 Å². The van der Waals surface area contributed by atoms with Crippen molar-refractivity contribution in [2.24, 2.45) is 0 Å². The van der Waals surface area contributed by atoms with Gasteiger partial charge in [0.05, 0.1) is 5.75 Å². The molecule has 0 bridgehead atoms. The molecule has 2 N–H and O–H groups in total. The van der Waals surface area contributed by atoms with E-state index in [2.05, 4.69) is 27.2 Å². The third-order valence-electron chi connectivity index (χ3n) is 4.13. The van der Waals surface area contributed by atoms with E-state index in [4.69, 9.17) is 5.84 Å². The smallest absolute Gasteiger partial charge is 0.233 e. The van der Waals surface area contributed by atoms with Gasteiger partial charge in [0.15, 0.2) is 5.82 Å². The molecule has 1 aliphatic heterocycles. The first-order valence-corrected chi connectivity index (χ1v) is 9.07. The van der Waals surface area contributed by atoms with Gasteiger partial charge in [-0.2, -0.15) is 0 Å². The van der Waals surface area contributed by atoms with Gasteiger partial charge in [0, 0.05) is 38.3 Å². The van der Waals surface area contributed by atoms with Gasteiger partial charge in [-0.15, -0.1) is 10.2 Å². The number of anilines is 1. The molecule has 8 heteroatoms. The largest absolute Gasteiger partial charge is 0.368 e. The lowest BCUT2D eigenvalue weighted by atomic mass is 10.2. The zero-order chi connectivity index (χ0) is 16.9.